The first-order valence-corrected chi connectivity index (χ1v) is 7.39. The molecule has 1 aromatic heterocycles. The normalized spacial score (nSPS) is 10.9. The van der Waals surface area contributed by atoms with Crippen LogP contribution in [0.3, 0.4) is 0 Å². The number of Topliss-reactive ketones (excluding diaryl/α,β-unsaturated/α-hetero) is 1. The fraction of sp³-hybridized carbons (Fsp3) is 0.375. The molecule has 0 bridgehead atoms. The molecule has 2 rings (SSSR count). The van der Waals surface area contributed by atoms with Crippen LogP contribution >= 0.6 is 11.6 Å². The Kier molecular flexibility index (Phi) is 4.78. The second kappa shape index (κ2) is 6.39. The summed E-state index contributed by atoms with van der Waals surface area (Å²) in [5.74, 6) is -0.429. The van der Waals surface area contributed by atoms with Crippen molar-refractivity contribution in [2.75, 3.05) is 0 Å². The number of halogens is 2. The van der Waals surface area contributed by atoms with E-state index in [0.717, 1.165) is 11.4 Å². The standard InChI is InChI=1S/C16H18ClFN2O/c1-4-13-15(10(3)21)14(5-2)20(19-13)9-11-7-6-8-12(18)16(11)17/h6-8H,4-5,9H2,1-3H3. The summed E-state index contributed by atoms with van der Waals surface area (Å²) < 4.78 is 15.3. The van der Waals surface area contributed by atoms with Gasteiger partial charge in [-0.25, -0.2) is 4.39 Å². The van der Waals surface area contributed by atoms with Crippen molar-refractivity contribution in [3.05, 3.63) is 51.6 Å². The van der Waals surface area contributed by atoms with Crippen LogP contribution < -0.4 is 0 Å². The zero-order valence-corrected chi connectivity index (χ0v) is 13.2. The predicted molar refractivity (Wildman–Crippen MR) is 81.5 cm³/mol. The van der Waals surface area contributed by atoms with Crippen LogP contribution in [0.2, 0.25) is 5.02 Å². The van der Waals surface area contributed by atoms with Crippen molar-refractivity contribution >= 4 is 17.4 Å². The summed E-state index contributed by atoms with van der Waals surface area (Å²) >= 11 is 6.00. The number of ketones is 1. The van der Waals surface area contributed by atoms with Crippen molar-refractivity contribution < 1.29 is 9.18 Å². The van der Waals surface area contributed by atoms with Crippen LogP contribution in [0.5, 0.6) is 0 Å². The fourth-order valence-corrected chi connectivity index (χ4v) is 2.71. The molecule has 0 saturated heterocycles. The number of hydrogen-bond donors (Lipinski definition) is 0. The summed E-state index contributed by atoms with van der Waals surface area (Å²) in [6.45, 7) is 5.86. The van der Waals surface area contributed by atoms with Gasteiger partial charge in [-0.3, -0.25) is 9.48 Å². The van der Waals surface area contributed by atoms with Crippen LogP contribution in [0.1, 0.15) is 48.1 Å². The second-order valence-electron chi connectivity index (χ2n) is 4.90. The number of carbonyl (C=O) groups is 1. The molecule has 0 radical (unpaired) electrons. The van der Waals surface area contributed by atoms with Crippen molar-refractivity contribution in [3.8, 4) is 0 Å². The Morgan fingerprint density at radius 2 is 2.05 bits per heavy atom. The van der Waals surface area contributed by atoms with Crippen molar-refractivity contribution in [1.29, 1.82) is 0 Å². The Balaban J connectivity index is 2.49. The first kappa shape index (κ1) is 15.7. The lowest BCUT2D eigenvalue weighted by Crippen LogP contribution is -2.08. The van der Waals surface area contributed by atoms with E-state index in [1.54, 1.807) is 23.7 Å². The molecule has 0 atom stereocenters. The second-order valence-corrected chi connectivity index (χ2v) is 5.28. The van der Waals surface area contributed by atoms with Gasteiger partial charge in [-0.05, 0) is 31.4 Å². The molecule has 2 aromatic rings. The van der Waals surface area contributed by atoms with E-state index in [-0.39, 0.29) is 10.8 Å². The maximum atomic E-state index is 13.5. The van der Waals surface area contributed by atoms with Gasteiger partial charge < -0.3 is 0 Å². The molecular weight excluding hydrogens is 291 g/mol. The number of aryl methyl sites for hydroxylation is 1. The summed E-state index contributed by atoms with van der Waals surface area (Å²) in [6, 6.07) is 4.72. The van der Waals surface area contributed by atoms with Gasteiger partial charge in [0.2, 0.25) is 0 Å². The Labute approximate surface area is 128 Å². The number of rotatable bonds is 5. The first-order chi connectivity index (χ1) is 9.99. The van der Waals surface area contributed by atoms with Crippen LogP contribution in [0.4, 0.5) is 4.39 Å². The maximum Gasteiger partial charge on any atom is 0.163 e. The molecule has 0 unspecified atom stereocenters. The minimum Gasteiger partial charge on any atom is -0.294 e. The third-order valence-electron chi connectivity index (χ3n) is 3.50. The Bertz CT molecular complexity index is 679. The molecule has 1 heterocycles. The number of nitrogens with zero attached hydrogens (tertiary/aromatic N) is 2. The minimum absolute atomic E-state index is 0.0142. The van der Waals surface area contributed by atoms with Crippen molar-refractivity contribution in [3.63, 3.8) is 0 Å². The fourth-order valence-electron chi connectivity index (χ4n) is 2.53. The maximum absolute atomic E-state index is 13.5. The van der Waals surface area contributed by atoms with Crippen LogP contribution in [0.25, 0.3) is 0 Å². The highest BCUT2D eigenvalue weighted by molar-refractivity contribution is 6.31. The molecular formula is C16H18ClFN2O. The van der Waals surface area contributed by atoms with E-state index >= 15 is 0 Å². The summed E-state index contributed by atoms with van der Waals surface area (Å²) in [5.41, 5.74) is 3.01. The zero-order chi connectivity index (χ0) is 15.6. The molecule has 1 aromatic carbocycles. The largest absolute Gasteiger partial charge is 0.294 e. The molecule has 0 aliphatic carbocycles. The van der Waals surface area contributed by atoms with Gasteiger partial charge >= 0.3 is 0 Å². The molecule has 112 valence electrons. The van der Waals surface area contributed by atoms with E-state index in [4.69, 9.17) is 11.6 Å². The van der Waals surface area contributed by atoms with Crippen molar-refractivity contribution in [2.24, 2.45) is 0 Å². The van der Waals surface area contributed by atoms with Crippen LogP contribution in [0.15, 0.2) is 18.2 Å². The van der Waals surface area contributed by atoms with Gasteiger partial charge in [0.25, 0.3) is 0 Å². The summed E-state index contributed by atoms with van der Waals surface area (Å²) in [6.07, 6.45) is 1.38. The van der Waals surface area contributed by atoms with Crippen LogP contribution in [-0.2, 0) is 19.4 Å². The van der Waals surface area contributed by atoms with Crippen LogP contribution in [-0.4, -0.2) is 15.6 Å². The lowest BCUT2D eigenvalue weighted by molar-refractivity contribution is 0.101. The average Bonchev–Trinajstić information content (AvgIpc) is 2.81. The summed E-state index contributed by atoms with van der Waals surface area (Å²) in [4.78, 5) is 11.9. The molecule has 5 heteroatoms. The molecule has 0 spiro atoms. The molecule has 0 fully saturated rings. The molecule has 0 N–H and O–H groups in total. The molecule has 21 heavy (non-hydrogen) atoms. The van der Waals surface area contributed by atoms with Gasteiger partial charge in [0, 0.05) is 5.69 Å². The van der Waals surface area contributed by atoms with Crippen LogP contribution in [0, 0.1) is 5.82 Å². The molecule has 0 aliphatic heterocycles. The number of carbonyl (C=O) groups excluding carboxylic acids is 1. The smallest absolute Gasteiger partial charge is 0.163 e. The van der Waals surface area contributed by atoms with Crippen molar-refractivity contribution in [1.82, 2.24) is 9.78 Å². The van der Waals surface area contributed by atoms with Gasteiger partial charge in [-0.15, -0.1) is 0 Å². The van der Waals surface area contributed by atoms with Gasteiger partial charge in [-0.1, -0.05) is 37.6 Å². The highest BCUT2D eigenvalue weighted by Gasteiger charge is 2.19. The van der Waals surface area contributed by atoms with E-state index < -0.39 is 5.82 Å². The number of hydrogen-bond acceptors (Lipinski definition) is 2. The van der Waals surface area contributed by atoms with E-state index in [1.807, 2.05) is 13.8 Å². The van der Waals surface area contributed by atoms with Gasteiger partial charge in [0.1, 0.15) is 5.82 Å². The summed E-state index contributed by atoms with van der Waals surface area (Å²) in [7, 11) is 0. The van der Waals surface area contributed by atoms with Gasteiger partial charge in [-0.2, -0.15) is 5.10 Å². The third kappa shape index (κ3) is 3.00. The predicted octanol–water partition coefficient (Wildman–Crippen LogP) is 4.05. The quantitative estimate of drug-likeness (QED) is 0.781. The van der Waals surface area contributed by atoms with Gasteiger partial charge in [0.15, 0.2) is 5.78 Å². The van der Waals surface area contributed by atoms with Gasteiger partial charge in [0.05, 0.1) is 22.8 Å². The minimum atomic E-state index is -0.443. The lowest BCUT2D eigenvalue weighted by atomic mass is 10.1. The van der Waals surface area contributed by atoms with Crippen molar-refractivity contribution in [2.45, 2.75) is 40.2 Å². The number of benzene rings is 1. The Morgan fingerprint density at radius 1 is 1.33 bits per heavy atom. The molecule has 0 aliphatic rings. The molecule has 0 saturated carbocycles. The highest BCUT2D eigenvalue weighted by Crippen LogP contribution is 2.23. The molecule has 3 nitrogen and oxygen atoms in total. The van der Waals surface area contributed by atoms with E-state index in [1.165, 1.54) is 6.07 Å². The summed E-state index contributed by atoms with van der Waals surface area (Å²) in [5, 5.41) is 4.61. The monoisotopic (exact) mass is 308 g/mol. The SMILES string of the molecule is CCc1nn(Cc2cccc(F)c2Cl)c(CC)c1C(C)=O. The average molecular weight is 309 g/mol. The zero-order valence-electron chi connectivity index (χ0n) is 12.4. The highest BCUT2D eigenvalue weighted by atomic mass is 35.5. The van der Waals surface area contributed by atoms with E-state index in [9.17, 15) is 9.18 Å². The lowest BCUT2D eigenvalue weighted by Gasteiger charge is -2.09. The Hall–Kier alpha value is -1.68. The molecule has 0 amide bonds. The third-order valence-corrected chi connectivity index (χ3v) is 3.93. The Morgan fingerprint density at radius 3 is 2.62 bits per heavy atom. The topological polar surface area (TPSA) is 34.9 Å². The number of aromatic nitrogens is 2. The van der Waals surface area contributed by atoms with E-state index in [0.29, 0.717) is 30.5 Å². The van der Waals surface area contributed by atoms with E-state index in [2.05, 4.69) is 5.10 Å². The first-order valence-electron chi connectivity index (χ1n) is 7.01.